The standard InChI is InChI=1S/C17H20N2S2/c20-17(19-13-15-7-3-1-4-8-15)18-11-12-21-14-16-9-5-2-6-10-16/h1-10H,11-14H2,(H2,18,19,20). The van der Waals surface area contributed by atoms with Gasteiger partial charge in [-0.25, -0.2) is 0 Å². The van der Waals surface area contributed by atoms with Crippen molar-refractivity contribution >= 4 is 29.1 Å². The molecule has 0 fully saturated rings. The average molecular weight is 316 g/mol. The molecule has 2 rings (SSSR count). The summed E-state index contributed by atoms with van der Waals surface area (Å²) in [7, 11) is 0. The summed E-state index contributed by atoms with van der Waals surface area (Å²) in [6.07, 6.45) is 0. The van der Waals surface area contributed by atoms with Gasteiger partial charge >= 0.3 is 0 Å². The van der Waals surface area contributed by atoms with Crippen LogP contribution in [-0.2, 0) is 12.3 Å². The first-order chi connectivity index (χ1) is 10.3. The summed E-state index contributed by atoms with van der Waals surface area (Å²) in [6.45, 7) is 1.65. The van der Waals surface area contributed by atoms with Crippen LogP contribution in [0.2, 0.25) is 0 Å². The molecule has 0 amide bonds. The average Bonchev–Trinajstić information content (AvgIpc) is 2.54. The zero-order valence-electron chi connectivity index (χ0n) is 11.9. The second-order valence-electron chi connectivity index (χ2n) is 4.63. The van der Waals surface area contributed by atoms with E-state index < -0.39 is 0 Å². The van der Waals surface area contributed by atoms with E-state index in [9.17, 15) is 0 Å². The van der Waals surface area contributed by atoms with Crippen LogP contribution in [0.1, 0.15) is 11.1 Å². The van der Waals surface area contributed by atoms with E-state index in [1.165, 1.54) is 11.1 Å². The van der Waals surface area contributed by atoms with E-state index >= 15 is 0 Å². The molecule has 0 aliphatic heterocycles. The normalized spacial score (nSPS) is 10.1. The summed E-state index contributed by atoms with van der Waals surface area (Å²) in [6, 6.07) is 20.8. The van der Waals surface area contributed by atoms with Crippen molar-refractivity contribution in [1.29, 1.82) is 0 Å². The largest absolute Gasteiger partial charge is 0.362 e. The Kier molecular flexibility index (Phi) is 7.12. The number of benzene rings is 2. The minimum Gasteiger partial charge on any atom is -0.362 e. The van der Waals surface area contributed by atoms with Crippen LogP contribution in [0.3, 0.4) is 0 Å². The van der Waals surface area contributed by atoms with Crippen LogP contribution in [0, 0.1) is 0 Å². The van der Waals surface area contributed by atoms with Crippen LogP contribution >= 0.6 is 24.0 Å². The van der Waals surface area contributed by atoms with Gasteiger partial charge in [-0.1, -0.05) is 60.7 Å². The molecule has 2 N–H and O–H groups in total. The summed E-state index contributed by atoms with van der Waals surface area (Å²) >= 11 is 7.18. The molecule has 0 saturated heterocycles. The molecule has 0 bridgehead atoms. The van der Waals surface area contributed by atoms with E-state index in [0.29, 0.717) is 0 Å². The van der Waals surface area contributed by atoms with E-state index in [-0.39, 0.29) is 0 Å². The topological polar surface area (TPSA) is 24.1 Å². The zero-order chi connectivity index (χ0) is 14.8. The second kappa shape index (κ2) is 9.42. The third-order valence-electron chi connectivity index (χ3n) is 2.94. The van der Waals surface area contributed by atoms with Crippen LogP contribution in [0.15, 0.2) is 60.7 Å². The lowest BCUT2D eigenvalue weighted by Crippen LogP contribution is -2.35. The highest BCUT2D eigenvalue weighted by Crippen LogP contribution is 2.10. The predicted octanol–water partition coefficient (Wildman–Crippen LogP) is 3.58. The lowest BCUT2D eigenvalue weighted by atomic mass is 10.2. The number of thioether (sulfide) groups is 1. The van der Waals surface area contributed by atoms with Crippen molar-refractivity contribution in [3.8, 4) is 0 Å². The maximum atomic E-state index is 5.26. The van der Waals surface area contributed by atoms with Gasteiger partial charge < -0.3 is 10.6 Å². The third kappa shape index (κ3) is 6.65. The van der Waals surface area contributed by atoms with Gasteiger partial charge in [-0.05, 0) is 23.3 Å². The Bertz CT molecular complexity index is 529. The fourth-order valence-electron chi connectivity index (χ4n) is 1.84. The SMILES string of the molecule is S=C(NCCSCc1ccccc1)NCc1ccccc1. The van der Waals surface area contributed by atoms with Crippen molar-refractivity contribution in [2.45, 2.75) is 12.3 Å². The van der Waals surface area contributed by atoms with E-state index in [4.69, 9.17) is 12.2 Å². The van der Waals surface area contributed by atoms with Gasteiger partial charge in [-0.15, -0.1) is 0 Å². The lowest BCUT2D eigenvalue weighted by Gasteiger charge is -2.10. The highest BCUT2D eigenvalue weighted by atomic mass is 32.2. The van der Waals surface area contributed by atoms with Crippen molar-refractivity contribution in [3.63, 3.8) is 0 Å². The number of nitrogens with one attached hydrogen (secondary N) is 2. The van der Waals surface area contributed by atoms with Gasteiger partial charge in [-0.2, -0.15) is 11.8 Å². The summed E-state index contributed by atoms with van der Waals surface area (Å²) in [5.74, 6) is 2.09. The minimum absolute atomic E-state index is 0.721. The Labute approximate surface area is 136 Å². The van der Waals surface area contributed by atoms with Gasteiger partial charge in [0.25, 0.3) is 0 Å². The molecule has 0 atom stereocenters. The maximum Gasteiger partial charge on any atom is 0.166 e. The molecular weight excluding hydrogens is 296 g/mol. The zero-order valence-corrected chi connectivity index (χ0v) is 13.6. The monoisotopic (exact) mass is 316 g/mol. The molecule has 4 heteroatoms. The van der Waals surface area contributed by atoms with Gasteiger partial charge in [0.1, 0.15) is 0 Å². The molecule has 110 valence electrons. The first-order valence-corrected chi connectivity index (χ1v) is 8.58. The fraction of sp³-hybridized carbons (Fsp3) is 0.235. The number of hydrogen-bond acceptors (Lipinski definition) is 2. The molecular formula is C17H20N2S2. The molecule has 2 aromatic rings. The molecule has 2 nitrogen and oxygen atoms in total. The Morgan fingerprint density at radius 2 is 1.48 bits per heavy atom. The van der Waals surface area contributed by atoms with Gasteiger partial charge in [0.2, 0.25) is 0 Å². The van der Waals surface area contributed by atoms with E-state index in [2.05, 4.69) is 47.0 Å². The van der Waals surface area contributed by atoms with E-state index in [0.717, 1.165) is 29.7 Å². The Balaban J connectivity index is 1.53. The highest BCUT2D eigenvalue weighted by molar-refractivity contribution is 7.98. The van der Waals surface area contributed by atoms with Gasteiger partial charge in [0, 0.05) is 24.6 Å². The van der Waals surface area contributed by atoms with Gasteiger partial charge in [0.05, 0.1) is 0 Å². The van der Waals surface area contributed by atoms with E-state index in [1.807, 2.05) is 36.0 Å². The highest BCUT2D eigenvalue weighted by Gasteiger charge is 1.96. The van der Waals surface area contributed by atoms with Crippen LogP contribution < -0.4 is 10.6 Å². The molecule has 2 aromatic carbocycles. The van der Waals surface area contributed by atoms with Crippen LogP contribution in [-0.4, -0.2) is 17.4 Å². The van der Waals surface area contributed by atoms with Crippen LogP contribution in [0.5, 0.6) is 0 Å². The van der Waals surface area contributed by atoms with Crippen molar-refractivity contribution in [3.05, 3.63) is 71.8 Å². The summed E-state index contributed by atoms with van der Waals surface area (Å²) < 4.78 is 0. The number of thiocarbonyl (C=S) groups is 1. The smallest absolute Gasteiger partial charge is 0.166 e. The van der Waals surface area contributed by atoms with Crippen molar-refractivity contribution < 1.29 is 0 Å². The second-order valence-corrected chi connectivity index (χ2v) is 6.15. The fourth-order valence-corrected chi connectivity index (χ4v) is 2.83. The molecule has 21 heavy (non-hydrogen) atoms. The van der Waals surface area contributed by atoms with E-state index in [1.54, 1.807) is 0 Å². The lowest BCUT2D eigenvalue weighted by molar-refractivity contribution is 0.858. The number of rotatable bonds is 7. The van der Waals surface area contributed by atoms with Crippen LogP contribution in [0.4, 0.5) is 0 Å². The quantitative estimate of drug-likeness (QED) is 0.602. The molecule has 0 unspecified atom stereocenters. The number of hydrogen-bond donors (Lipinski definition) is 2. The molecule has 0 radical (unpaired) electrons. The summed E-state index contributed by atoms with van der Waals surface area (Å²) in [5, 5.41) is 7.18. The molecule has 0 aliphatic rings. The third-order valence-corrected chi connectivity index (χ3v) is 4.26. The van der Waals surface area contributed by atoms with Gasteiger partial charge in [0.15, 0.2) is 5.11 Å². The molecule has 0 aromatic heterocycles. The Morgan fingerprint density at radius 1 is 0.857 bits per heavy atom. The van der Waals surface area contributed by atoms with Gasteiger partial charge in [-0.3, -0.25) is 0 Å². The van der Waals surface area contributed by atoms with Crippen molar-refractivity contribution in [2.75, 3.05) is 12.3 Å². The molecule has 0 saturated carbocycles. The van der Waals surface area contributed by atoms with Crippen molar-refractivity contribution in [2.24, 2.45) is 0 Å². The Morgan fingerprint density at radius 3 is 2.14 bits per heavy atom. The maximum absolute atomic E-state index is 5.26. The Hall–Kier alpha value is -1.52. The summed E-state index contributed by atoms with van der Waals surface area (Å²) in [5.41, 5.74) is 2.60. The van der Waals surface area contributed by atoms with Crippen LogP contribution in [0.25, 0.3) is 0 Å². The molecule has 0 aliphatic carbocycles. The predicted molar refractivity (Wildman–Crippen MR) is 96.5 cm³/mol. The van der Waals surface area contributed by atoms with Crippen molar-refractivity contribution in [1.82, 2.24) is 10.6 Å². The minimum atomic E-state index is 0.721. The first kappa shape index (κ1) is 15.9. The summed E-state index contributed by atoms with van der Waals surface area (Å²) in [4.78, 5) is 0. The first-order valence-electron chi connectivity index (χ1n) is 7.02. The molecule has 0 spiro atoms. The molecule has 0 heterocycles.